The van der Waals surface area contributed by atoms with E-state index in [2.05, 4.69) is 43.6 Å². The van der Waals surface area contributed by atoms with E-state index in [1.807, 2.05) is 11.6 Å². The molecule has 0 saturated heterocycles. The Hall–Kier alpha value is -3.58. The number of rotatable bonds is 7. The molecule has 46 heavy (non-hydrogen) atoms. The van der Waals surface area contributed by atoms with Gasteiger partial charge >= 0.3 is 18.5 Å². The van der Waals surface area contributed by atoms with Crippen molar-refractivity contribution in [2.75, 3.05) is 0 Å². The molecule has 0 unspecified atom stereocenters. The first kappa shape index (κ1) is 36.9. The Morgan fingerprint density at radius 1 is 0.891 bits per heavy atom. The van der Waals surface area contributed by atoms with Crippen LogP contribution >= 0.6 is 0 Å². The fraction of sp³-hybridized carbons (Fsp3) is 0.545. The third kappa shape index (κ3) is 9.47. The minimum atomic E-state index is -4.83. The molecule has 13 heteroatoms. The maximum absolute atomic E-state index is 13.5. The Bertz CT molecular complexity index is 1540. The van der Waals surface area contributed by atoms with Gasteiger partial charge in [0, 0.05) is 18.2 Å². The molecule has 0 radical (unpaired) electrons. The minimum absolute atomic E-state index is 0.0992. The first-order valence-corrected chi connectivity index (χ1v) is 17.9. The Kier molecular flexibility index (Phi) is 10.3. The normalized spacial score (nSPS) is 13.1. The van der Waals surface area contributed by atoms with Gasteiger partial charge < -0.3 is 23.2 Å². The molecule has 0 aliphatic rings. The van der Waals surface area contributed by atoms with E-state index in [1.165, 1.54) is 24.3 Å². The van der Waals surface area contributed by atoms with Gasteiger partial charge in [-0.1, -0.05) is 32.9 Å². The number of carbonyl (C=O) groups excluding carboxylic acids is 2. The van der Waals surface area contributed by atoms with Crippen LogP contribution in [-0.4, -0.2) is 52.5 Å². The van der Waals surface area contributed by atoms with Crippen molar-refractivity contribution in [1.29, 1.82) is 0 Å². The Balaban J connectivity index is 2.26. The number of aromatic nitrogens is 2. The zero-order chi connectivity index (χ0) is 35.0. The largest absolute Gasteiger partial charge is 0.573 e. The lowest BCUT2D eigenvalue weighted by Gasteiger charge is -2.36. The molecule has 0 atom stereocenters. The number of carbonyl (C=O) groups is 2. The van der Waals surface area contributed by atoms with Crippen molar-refractivity contribution >= 4 is 31.5 Å². The number of nitrogens with zero attached hydrogens (tertiary/aromatic N) is 3. The monoisotopic (exact) mass is 665 g/mol. The van der Waals surface area contributed by atoms with Crippen molar-refractivity contribution in [1.82, 2.24) is 14.5 Å². The summed E-state index contributed by atoms with van der Waals surface area (Å²) in [7, 11) is -0.460. The van der Waals surface area contributed by atoms with Crippen LogP contribution in [0.1, 0.15) is 73.4 Å². The first-order chi connectivity index (χ1) is 20.8. The second-order valence-corrected chi connectivity index (χ2v) is 19.6. The lowest BCUT2D eigenvalue weighted by atomic mass is 9.96. The summed E-state index contributed by atoms with van der Waals surface area (Å²) in [5.41, 5.74) is 1.85. The molecule has 3 aromatic rings. The number of aryl methyl sites for hydroxylation is 1. The molecule has 2 aromatic carbocycles. The topological polar surface area (TPSA) is 92.1 Å². The van der Waals surface area contributed by atoms with E-state index in [0.29, 0.717) is 33.3 Å². The summed E-state index contributed by atoms with van der Waals surface area (Å²) in [6.45, 7) is 20.7. The number of alkyl halides is 3. The van der Waals surface area contributed by atoms with E-state index in [1.54, 1.807) is 53.9 Å². The molecule has 2 amide bonds. The average Bonchev–Trinajstić information content (AvgIpc) is 3.24. The fourth-order valence-electron chi connectivity index (χ4n) is 4.30. The van der Waals surface area contributed by atoms with Crippen molar-refractivity contribution in [2.24, 2.45) is 7.05 Å². The molecule has 1 aromatic heterocycles. The number of imidazole rings is 1. The molecule has 0 fully saturated rings. The molecule has 254 valence electrons. The van der Waals surface area contributed by atoms with E-state index in [4.69, 9.17) is 13.9 Å². The highest BCUT2D eigenvalue weighted by Gasteiger charge is 2.38. The van der Waals surface area contributed by atoms with Crippen LogP contribution in [0.4, 0.5) is 22.8 Å². The van der Waals surface area contributed by atoms with Gasteiger partial charge in [-0.05, 0) is 89.0 Å². The lowest BCUT2D eigenvalue weighted by molar-refractivity contribution is -0.274. The van der Waals surface area contributed by atoms with E-state index >= 15 is 0 Å². The predicted molar refractivity (Wildman–Crippen MR) is 173 cm³/mol. The molecule has 0 spiro atoms. The average molecular weight is 666 g/mol. The Labute approximate surface area is 270 Å². The number of hydrogen-bond acceptors (Lipinski definition) is 7. The van der Waals surface area contributed by atoms with E-state index < -0.39 is 38.1 Å². The molecule has 0 N–H and O–H groups in total. The number of amides is 2. The first-order valence-electron chi connectivity index (χ1n) is 15.0. The van der Waals surface area contributed by atoms with Crippen molar-refractivity contribution in [3.8, 4) is 16.9 Å². The number of imide groups is 1. The number of hydrogen-bond donors (Lipinski definition) is 0. The van der Waals surface area contributed by atoms with Crippen LogP contribution in [0.15, 0.2) is 36.7 Å². The molecule has 3 rings (SSSR count). The van der Waals surface area contributed by atoms with Crippen LogP contribution in [0.25, 0.3) is 22.2 Å². The van der Waals surface area contributed by atoms with Gasteiger partial charge in [0.2, 0.25) is 0 Å². The van der Waals surface area contributed by atoms with Crippen molar-refractivity contribution in [3.05, 3.63) is 47.8 Å². The zero-order valence-electron chi connectivity index (χ0n) is 28.8. The number of benzene rings is 2. The van der Waals surface area contributed by atoms with Gasteiger partial charge in [0.15, 0.2) is 8.32 Å². The van der Waals surface area contributed by atoms with Gasteiger partial charge in [-0.3, -0.25) is 0 Å². The van der Waals surface area contributed by atoms with Gasteiger partial charge in [-0.2, -0.15) is 0 Å². The predicted octanol–water partition coefficient (Wildman–Crippen LogP) is 9.33. The second-order valence-electron chi connectivity index (χ2n) is 14.8. The molecule has 0 aliphatic heterocycles. The summed E-state index contributed by atoms with van der Waals surface area (Å²) < 4.78 is 62.3. The standard InChI is InChI=1S/C33H46F3N3O6Si/c1-30(2,3)44-28(40)39(29(41)45-31(4,5)6)18-22-17-24(21-13-15-23(16-14-21)43-33(34,35)36)26-27(38(10)20-37-26)25(22)19-42-46(11,12)32(7,8)9/h13-17,20H,18-19H2,1-12H3. The third-order valence-electron chi connectivity index (χ3n) is 7.52. The van der Waals surface area contributed by atoms with Gasteiger partial charge in [0.05, 0.1) is 30.5 Å². The molecule has 9 nitrogen and oxygen atoms in total. The molecule has 0 bridgehead atoms. The van der Waals surface area contributed by atoms with Gasteiger partial charge in [0.1, 0.15) is 17.0 Å². The molecule has 1 heterocycles. The zero-order valence-corrected chi connectivity index (χ0v) is 29.8. The van der Waals surface area contributed by atoms with Gasteiger partial charge in [-0.25, -0.2) is 19.5 Å². The summed E-state index contributed by atoms with van der Waals surface area (Å²) in [6.07, 6.45) is -4.98. The van der Waals surface area contributed by atoms with Crippen LogP contribution in [0.3, 0.4) is 0 Å². The highest BCUT2D eigenvalue weighted by atomic mass is 28.4. The number of halogens is 3. The van der Waals surface area contributed by atoms with Crippen LogP contribution in [0.5, 0.6) is 5.75 Å². The highest BCUT2D eigenvalue weighted by molar-refractivity contribution is 6.74. The second kappa shape index (κ2) is 12.9. The van der Waals surface area contributed by atoms with Crippen molar-refractivity contribution in [3.63, 3.8) is 0 Å². The molecule has 0 saturated carbocycles. The smallest absolute Gasteiger partial charge is 0.443 e. The molecular formula is C33H46F3N3O6Si. The van der Waals surface area contributed by atoms with E-state index in [0.717, 1.165) is 4.90 Å². The summed E-state index contributed by atoms with van der Waals surface area (Å²) in [5.74, 6) is -0.367. The lowest BCUT2D eigenvalue weighted by Crippen LogP contribution is -2.43. The Morgan fingerprint density at radius 3 is 1.87 bits per heavy atom. The van der Waals surface area contributed by atoms with E-state index in [-0.39, 0.29) is 23.9 Å². The minimum Gasteiger partial charge on any atom is -0.443 e. The van der Waals surface area contributed by atoms with Crippen molar-refractivity contribution < 1.29 is 41.4 Å². The maximum atomic E-state index is 13.5. The number of fused-ring (bicyclic) bond motifs is 1. The summed E-state index contributed by atoms with van der Waals surface area (Å²) >= 11 is 0. The quantitative estimate of drug-likeness (QED) is 0.232. The van der Waals surface area contributed by atoms with Crippen LogP contribution in [-0.2, 0) is 34.1 Å². The SMILES string of the molecule is Cn1cnc2c(-c3ccc(OC(F)(F)F)cc3)cc(CN(C(=O)OC(C)(C)C)C(=O)OC(C)(C)C)c(CO[Si](C)(C)C(C)(C)C)c21. The third-order valence-corrected chi connectivity index (χ3v) is 12.0. The van der Waals surface area contributed by atoms with Crippen LogP contribution < -0.4 is 4.74 Å². The van der Waals surface area contributed by atoms with E-state index in [9.17, 15) is 22.8 Å². The van der Waals surface area contributed by atoms with Crippen molar-refractivity contribution in [2.45, 2.75) is 111 Å². The van der Waals surface area contributed by atoms with Gasteiger partial charge in [-0.15, -0.1) is 13.2 Å². The number of ether oxygens (including phenoxy) is 3. The molecule has 0 aliphatic carbocycles. The fourth-order valence-corrected chi connectivity index (χ4v) is 5.24. The maximum Gasteiger partial charge on any atom is 0.573 e. The molecular weight excluding hydrogens is 619 g/mol. The van der Waals surface area contributed by atoms with Crippen LogP contribution in [0, 0.1) is 0 Å². The van der Waals surface area contributed by atoms with Crippen LogP contribution in [0.2, 0.25) is 18.1 Å². The summed E-state index contributed by atoms with van der Waals surface area (Å²) in [5, 5.41) is -0.0992. The summed E-state index contributed by atoms with van der Waals surface area (Å²) in [4.78, 5) is 32.5. The Morgan fingerprint density at radius 2 is 1.41 bits per heavy atom. The summed E-state index contributed by atoms with van der Waals surface area (Å²) in [6, 6.07) is 7.22. The van der Waals surface area contributed by atoms with Gasteiger partial charge in [0.25, 0.3) is 0 Å². The highest BCUT2D eigenvalue weighted by Crippen LogP contribution is 2.40.